The van der Waals surface area contributed by atoms with Crippen LogP contribution < -0.4 is 16.8 Å². The number of thiazole rings is 1. The molecule has 1 aromatic carbocycles. The van der Waals surface area contributed by atoms with Crippen molar-refractivity contribution in [3.63, 3.8) is 0 Å². The van der Waals surface area contributed by atoms with Crippen molar-refractivity contribution in [2.75, 3.05) is 11.1 Å². The van der Waals surface area contributed by atoms with Crippen molar-refractivity contribution in [3.05, 3.63) is 40.4 Å². The normalized spacial score (nSPS) is 10.2. The Balaban J connectivity index is 2.21. The van der Waals surface area contributed by atoms with Crippen molar-refractivity contribution in [1.29, 1.82) is 0 Å². The number of hydrogen-bond donors (Lipinski definition) is 3. The zero-order valence-electron chi connectivity index (χ0n) is 10.1. The van der Waals surface area contributed by atoms with E-state index in [4.69, 9.17) is 11.5 Å². The molecule has 0 aliphatic carbocycles. The van der Waals surface area contributed by atoms with Gasteiger partial charge in [-0.05, 0) is 25.1 Å². The number of nitrogens with one attached hydrogen (secondary N) is 1. The summed E-state index contributed by atoms with van der Waals surface area (Å²) in [6.45, 7) is 1.71. The predicted octanol–water partition coefficient (Wildman–Crippen LogP) is 1.38. The fourth-order valence-electron chi connectivity index (χ4n) is 1.57. The molecule has 0 aliphatic heterocycles. The molecule has 1 heterocycles. The lowest BCUT2D eigenvalue weighted by Gasteiger charge is -2.05. The molecule has 0 spiro atoms. The summed E-state index contributed by atoms with van der Waals surface area (Å²) in [4.78, 5) is 27.5. The minimum atomic E-state index is -0.547. The first kappa shape index (κ1) is 13.0. The second-order valence-corrected chi connectivity index (χ2v) is 4.90. The van der Waals surface area contributed by atoms with Crippen LogP contribution in [0.5, 0.6) is 0 Å². The molecule has 19 heavy (non-hydrogen) atoms. The molecule has 2 amide bonds. The van der Waals surface area contributed by atoms with E-state index in [1.807, 2.05) is 0 Å². The van der Waals surface area contributed by atoms with Crippen molar-refractivity contribution < 1.29 is 9.59 Å². The quantitative estimate of drug-likeness (QED) is 0.786. The molecule has 1 aromatic heterocycles. The van der Waals surface area contributed by atoms with Gasteiger partial charge in [-0.25, -0.2) is 4.98 Å². The van der Waals surface area contributed by atoms with Gasteiger partial charge >= 0.3 is 0 Å². The van der Waals surface area contributed by atoms with E-state index in [0.717, 1.165) is 11.3 Å². The van der Waals surface area contributed by atoms with Gasteiger partial charge in [0.15, 0.2) is 5.13 Å². The summed E-state index contributed by atoms with van der Waals surface area (Å²) in [5, 5.41) is 3.02. The van der Waals surface area contributed by atoms with E-state index in [0.29, 0.717) is 27.0 Å². The molecule has 6 nitrogen and oxygen atoms in total. The van der Waals surface area contributed by atoms with Gasteiger partial charge in [0.2, 0.25) is 5.91 Å². The van der Waals surface area contributed by atoms with Crippen LogP contribution in [0.3, 0.4) is 0 Å². The molecule has 0 radical (unpaired) electrons. The van der Waals surface area contributed by atoms with Crippen LogP contribution in [0.4, 0.5) is 10.8 Å². The Labute approximate surface area is 113 Å². The van der Waals surface area contributed by atoms with E-state index in [2.05, 4.69) is 10.3 Å². The van der Waals surface area contributed by atoms with Crippen molar-refractivity contribution in [2.24, 2.45) is 5.73 Å². The average Bonchev–Trinajstić information content (AvgIpc) is 2.69. The maximum absolute atomic E-state index is 12.0. The number of rotatable bonds is 3. The molecule has 0 aliphatic rings. The van der Waals surface area contributed by atoms with Crippen LogP contribution in [-0.2, 0) is 0 Å². The number of aryl methyl sites for hydroxylation is 1. The highest BCUT2D eigenvalue weighted by atomic mass is 32.1. The average molecular weight is 276 g/mol. The number of primary amides is 1. The number of carbonyl (C=O) groups excluding carboxylic acids is 2. The van der Waals surface area contributed by atoms with Gasteiger partial charge in [-0.15, -0.1) is 0 Å². The molecule has 0 bridgehead atoms. The SMILES string of the molecule is Cc1nc(N)sc1C(=O)Nc1cccc(C(N)=O)c1. The zero-order chi connectivity index (χ0) is 14.0. The van der Waals surface area contributed by atoms with Gasteiger partial charge in [0.25, 0.3) is 5.91 Å². The summed E-state index contributed by atoms with van der Waals surface area (Å²) < 4.78 is 0. The summed E-state index contributed by atoms with van der Waals surface area (Å²) in [5.41, 5.74) is 12.1. The van der Waals surface area contributed by atoms with E-state index < -0.39 is 5.91 Å². The van der Waals surface area contributed by atoms with Gasteiger partial charge in [-0.2, -0.15) is 0 Å². The van der Waals surface area contributed by atoms with Crippen LogP contribution in [0.1, 0.15) is 25.7 Å². The van der Waals surface area contributed by atoms with Gasteiger partial charge < -0.3 is 16.8 Å². The van der Waals surface area contributed by atoms with Crippen LogP contribution in [0.15, 0.2) is 24.3 Å². The molecule has 0 fully saturated rings. The third kappa shape index (κ3) is 2.89. The minimum absolute atomic E-state index is 0.312. The Morgan fingerprint density at radius 2 is 2.11 bits per heavy atom. The third-order valence-electron chi connectivity index (χ3n) is 2.42. The summed E-state index contributed by atoms with van der Waals surface area (Å²) >= 11 is 1.12. The molecular formula is C12H12N4O2S. The molecule has 7 heteroatoms. The smallest absolute Gasteiger partial charge is 0.267 e. The molecular weight excluding hydrogens is 264 g/mol. The van der Waals surface area contributed by atoms with Gasteiger partial charge in [-0.1, -0.05) is 17.4 Å². The lowest BCUT2D eigenvalue weighted by molar-refractivity contribution is 0.0996. The van der Waals surface area contributed by atoms with E-state index in [-0.39, 0.29) is 5.91 Å². The number of nitrogens with two attached hydrogens (primary N) is 2. The molecule has 0 unspecified atom stereocenters. The summed E-state index contributed by atoms with van der Waals surface area (Å²) in [6.07, 6.45) is 0. The highest BCUT2D eigenvalue weighted by Crippen LogP contribution is 2.21. The van der Waals surface area contributed by atoms with Gasteiger partial charge in [0.1, 0.15) is 4.88 Å². The number of amides is 2. The van der Waals surface area contributed by atoms with Gasteiger partial charge in [-0.3, -0.25) is 9.59 Å². The first-order chi connectivity index (χ1) is 8.97. The van der Waals surface area contributed by atoms with Crippen LogP contribution >= 0.6 is 11.3 Å². The van der Waals surface area contributed by atoms with Crippen LogP contribution in [0.2, 0.25) is 0 Å². The first-order valence-electron chi connectivity index (χ1n) is 5.41. The second kappa shape index (κ2) is 5.07. The van der Waals surface area contributed by atoms with Crippen LogP contribution in [-0.4, -0.2) is 16.8 Å². The number of carbonyl (C=O) groups is 2. The Hall–Kier alpha value is -2.41. The second-order valence-electron chi connectivity index (χ2n) is 3.87. The highest BCUT2D eigenvalue weighted by Gasteiger charge is 2.14. The number of nitrogen functional groups attached to an aromatic ring is 1. The molecule has 0 saturated carbocycles. The molecule has 5 N–H and O–H groups in total. The Bertz CT molecular complexity index is 651. The summed E-state index contributed by atoms with van der Waals surface area (Å²) in [7, 11) is 0. The topological polar surface area (TPSA) is 111 Å². The van der Waals surface area contributed by atoms with E-state index in [1.165, 1.54) is 6.07 Å². The summed E-state index contributed by atoms with van der Waals surface area (Å²) in [6, 6.07) is 6.40. The number of anilines is 2. The lowest BCUT2D eigenvalue weighted by atomic mass is 10.2. The van der Waals surface area contributed by atoms with Crippen molar-refractivity contribution >= 4 is 34.0 Å². The largest absolute Gasteiger partial charge is 0.375 e. The zero-order valence-corrected chi connectivity index (χ0v) is 11.0. The van der Waals surface area contributed by atoms with Gasteiger partial charge in [0.05, 0.1) is 5.69 Å². The van der Waals surface area contributed by atoms with Crippen molar-refractivity contribution in [2.45, 2.75) is 6.92 Å². The fourth-order valence-corrected chi connectivity index (χ4v) is 2.29. The van der Waals surface area contributed by atoms with E-state index in [1.54, 1.807) is 25.1 Å². The minimum Gasteiger partial charge on any atom is -0.375 e. The maximum atomic E-state index is 12.0. The Kier molecular flexibility index (Phi) is 3.48. The summed E-state index contributed by atoms with van der Waals surface area (Å²) in [5.74, 6) is -0.859. The number of hydrogen-bond acceptors (Lipinski definition) is 5. The third-order valence-corrected chi connectivity index (χ3v) is 3.41. The monoisotopic (exact) mass is 276 g/mol. The lowest BCUT2D eigenvalue weighted by Crippen LogP contribution is -2.14. The fraction of sp³-hybridized carbons (Fsp3) is 0.0833. The van der Waals surface area contributed by atoms with Gasteiger partial charge in [0, 0.05) is 11.3 Å². The number of benzene rings is 1. The molecule has 0 atom stereocenters. The van der Waals surface area contributed by atoms with E-state index >= 15 is 0 Å². The molecule has 2 rings (SSSR count). The molecule has 0 saturated heterocycles. The number of aromatic nitrogens is 1. The standard InChI is InChI=1S/C12H12N4O2S/c1-6-9(19-12(14)15-6)11(18)16-8-4-2-3-7(5-8)10(13)17/h2-5H,1H3,(H2,13,17)(H2,14,15)(H,16,18). The predicted molar refractivity (Wildman–Crippen MR) is 74.2 cm³/mol. The number of nitrogens with zero attached hydrogens (tertiary/aromatic N) is 1. The van der Waals surface area contributed by atoms with Crippen LogP contribution in [0.25, 0.3) is 0 Å². The van der Waals surface area contributed by atoms with E-state index in [9.17, 15) is 9.59 Å². The maximum Gasteiger partial charge on any atom is 0.267 e. The Morgan fingerprint density at radius 1 is 1.37 bits per heavy atom. The van der Waals surface area contributed by atoms with Crippen molar-refractivity contribution in [3.8, 4) is 0 Å². The van der Waals surface area contributed by atoms with Crippen LogP contribution in [0, 0.1) is 6.92 Å². The highest BCUT2D eigenvalue weighted by molar-refractivity contribution is 7.17. The Morgan fingerprint density at radius 3 is 2.68 bits per heavy atom. The van der Waals surface area contributed by atoms with Crippen molar-refractivity contribution in [1.82, 2.24) is 4.98 Å². The first-order valence-corrected chi connectivity index (χ1v) is 6.23. The molecule has 2 aromatic rings. The molecule has 98 valence electrons.